The highest BCUT2D eigenvalue weighted by Gasteiger charge is 2.22. The van der Waals surface area contributed by atoms with E-state index in [-0.39, 0.29) is 0 Å². The SMILES string of the molecule is CN(C)C1CCN(c2ccc(C#N)c3ccccc23)CC1. The van der Waals surface area contributed by atoms with Crippen LogP contribution in [0.25, 0.3) is 10.8 Å². The zero-order chi connectivity index (χ0) is 14.8. The van der Waals surface area contributed by atoms with Gasteiger partial charge in [-0.2, -0.15) is 5.26 Å². The molecule has 0 aliphatic carbocycles. The minimum absolute atomic E-state index is 0.686. The van der Waals surface area contributed by atoms with Crippen LogP contribution in [0.2, 0.25) is 0 Å². The standard InChI is InChI=1S/C18H21N3/c1-20(2)15-9-11-21(12-10-15)18-8-7-14(13-19)16-5-3-4-6-17(16)18/h3-8,15H,9-12H2,1-2H3. The number of nitriles is 1. The second kappa shape index (κ2) is 5.75. The molecule has 1 aliphatic heterocycles. The van der Waals surface area contributed by atoms with E-state index in [2.05, 4.69) is 48.2 Å². The first-order chi connectivity index (χ1) is 10.2. The topological polar surface area (TPSA) is 30.3 Å². The number of rotatable bonds is 2. The molecule has 1 heterocycles. The molecule has 0 amide bonds. The van der Waals surface area contributed by atoms with Gasteiger partial charge in [0.2, 0.25) is 0 Å². The zero-order valence-corrected chi connectivity index (χ0v) is 12.7. The molecule has 0 spiro atoms. The van der Waals surface area contributed by atoms with Crippen LogP contribution in [0, 0.1) is 11.3 Å². The van der Waals surface area contributed by atoms with Crippen LogP contribution in [-0.2, 0) is 0 Å². The van der Waals surface area contributed by atoms with E-state index in [0.29, 0.717) is 6.04 Å². The van der Waals surface area contributed by atoms with E-state index in [9.17, 15) is 5.26 Å². The number of nitrogens with zero attached hydrogens (tertiary/aromatic N) is 3. The van der Waals surface area contributed by atoms with E-state index >= 15 is 0 Å². The Balaban J connectivity index is 1.94. The van der Waals surface area contributed by atoms with Gasteiger partial charge >= 0.3 is 0 Å². The molecular weight excluding hydrogens is 258 g/mol. The first-order valence-corrected chi connectivity index (χ1v) is 7.54. The number of hydrogen-bond acceptors (Lipinski definition) is 3. The Morgan fingerprint density at radius 2 is 1.71 bits per heavy atom. The van der Waals surface area contributed by atoms with E-state index in [0.717, 1.165) is 24.0 Å². The van der Waals surface area contributed by atoms with E-state index in [1.165, 1.54) is 23.9 Å². The van der Waals surface area contributed by atoms with Gasteiger partial charge in [0.1, 0.15) is 0 Å². The van der Waals surface area contributed by atoms with Crippen LogP contribution in [-0.4, -0.2) is 38.1 Å². The molecule has 0 N–H and O–H groups in total. The molecule has 3 rings (SSSR count). The Hall–Kier alpha value is -2.05. The lowest BCUT2D eigenvalue weighted by Crippen LogP contribution is -2.42. The maximum absolute atomic E-state index is 9.26. The average Bonchev–Trinajstić information content (AvgIpc) is 2.54. The van der Waals surface area contributed by atoms with Crippen molar-refractivity contribution in [3.63, 3.8) is 0 Å². The van der Waals surface area contributed by atoms with E-state index in [4.69, 9.17) is 0 Å². The highest BCUT2D eigenvalue weighted by Crippen LogP contribution is 2.31. The quantitative estimate of drug-likeness (QED) is 0.845. The molecule has 0 unspecified atom stereocenters. The Morgan fingerprint density at radius 3 is 2.33 bits per heavy atom. The summed E-state index contributed by atoms with van der Waals surface area (Å²) in [6.45, 7) is 2.16. The van der Waals surface area contributed by atoms with Gasteiger partial charge in [-0.05, 0) is 39.1 Å². The fraction of sp³-hybridized carbons (Fsp3) is 0.389. The number of benzene rings is 2. The molecule has 2 aromatic rings. The molecule has 0 radical (unpaired) electrons. The fourth-order valence-electron chi connectivity index (χ4n) is 3.28. The lowest BCUT2D eigenvalue weighted by Gasteiger charge is -2.37. The van der Waals surface area contributed by atoms with Crippen LogP contribution in [0.5, 0.6) is 0 Å². The van der Waals surface area contributed by atoms with Crippen molar-refractivity contribution in [1.82, 2.24) is 4.90 Å². The lowest BCUT2D eigenvalue weighted by atomic mass is 9.99. The van der Waals surface area contributed by atoms with Crippen LogP contribution >= 0.6 is 0 Å². The van der Waals surface area contributed by atoms with Crippen molar-refractivity contribution >= 4 is 16.5 Å². The van der Waals surface area contributed by atoms with Gasteiger partial charge in [-0.25, -0.2) is 0 Å². The minimum atomic E-state index is 0.686. The van der Waals surface area contributed by atoms with Crippen molar-refractivity contribution in [3.8, 4) is 6.07 Å². The Labute approximate surface area is 126 Å². The van der Waals surface area contributed by atoms with Gasteiger partial charge in [-0.15, -0.1) is 0 Å². The third-order valence-corrected chi connectivity index (χ3v) is 4.56. The summed E-state index contributed by atoms with van der Waals surface area (Å²) in [6, 6.07) is 15.3. The van der Waals surface area contributed by atoms with Crippen molar-refractivity contribution in [1.29, 1.82) is 5.26 Å². The monoisotopic (exact) mass is 279 g/mol. The normalized spacial score (nSPS) is 16.4. The molecule has 2 aromatic carbocycles. The first kappa shape index (κ1) is 13.9. The van der Waals surface area contributed by atoms with Crippen molar-refractivity contribution < 1.29 is 0 Å². The van der Waals surface area contributed by atoms with Crippen molar-refractivity contribution in [2.24, 2.45) is 0 Å². The molecule has 1 fully saturated rings. The molecule has 21 heavy (non-hydrogen) atoms. The first-order valence-electron chi connectivity index (χ1n) is 7.54. The van der Waals surface area contributed by atoms with Crippen molar-refractivity contribution in [2.75, 3.05) is 32.1 Å². The van der Waals surface area contributed by atoms with Crippen LogP contribution in [0.1, 0.15) is 18.4 Å². The minimum Gasteiger partial charge on any atom is -0.371 e. The van der Waals surface area contributed by atoms with Gasteiger partial charge in [0.15, 0.2) is 0 Å². The fourth-order valence-corrected chi connectivity index (χ4v) is 3.28. The molecular formula is C18H21N3. The summed E-state index contributed by atoms with van der Waals surface area (Å²) in [5.74, 6) is 0. The average molecular weight is 279 g/mol. The van der Waals surface area contributed by atoms with Gasteiger partial charge in [0.05, 0.1) is 11.6 Å². The summed E-state index contributed by atoms with van der Waals surface area (Å²) in [5.41, 5.74) is 2.03. The predicted octanol–water partition coefficient (Wildman–Crippen LogP) is 3.24. The van der Waals surface area contributed by atoms with Gasteiger partial charge in [0.25, 0.3) is 0 Å². The molecule has 0 atom stereocenters. The second-order valence-corrected chi connectivity index (χ2v) is 5.97. The lowest BCUT2D eigenvalue weighted by molar-refractivity contribution is 0.250. The molecule has 3 nitrogen and oxygen atoms in total. The summed E-state index contributed by atoms with van der Waals surface area (Å²) in [5, 5.41) is 11.5. The molecule has 108 valence electrons. The number of fused-ring (bicyclic) bond motifs is 1. The third kappa shape index (κ3) is 2.59. The zero-order valence-electron chi connectivity index (χ0n) is 12.7. The Bertz CT molecular complexity index is 676. The smallest absolute Gasteiger partial charge is 0.0998 e. The summed E-state index contributed by atoms with van der Waals surface area (Å²) < 4.78 is 0. The predicted molar refractivity (Wildman–Crippen MR) is 87.6 cm³/mol. The van der Waals surface area contributed by atoms with Crippen molar-refractivity contribution in [2.45, 2.75) is 18.9 Å². The van der Waals surface area contributed by atoms with E-state index in [1.54, 1.807) is 0 Å². The maximum Gasteiger partial charge on any atom is 0.0998 e. The summed E-state index contributed by atoms with van der Waals surface area (Å²) in [4.78, 5) is 4.79. The molecule has 3 heteroatoms. The summed E-state index contributed by atoms with van der Waals surface area (Å²) >= 11 is 0. The molecule has 1 saturated heterocycles. The summed E-state index contributed by atoms with van der Waals surface area (Å²) in [6.07, 6.45) is 2.39. The van der Waals surface area contributed by atoms with Crippen LogP contribution < -0.4 is 4.90 Å². The summed E-state index contributed by atoms with van der Waals surface area (Å²) in [7, 11) is 4.33. The van der Waals surface area contributed by atoms with E-state index < -0.39 is 0 Å². The van der Waals surface area contributed by atoms with Crippen molar-refractivity contribution in [3.05, 3.63) is 42.0 Å². The molecule has 0 saturated carbocycles. The van der Waals surface area contributed by atoms with E-state index in [1.807, 2.05) is 18.2 Å². The van der Waals surface area contributed by atoms with Gasteiger partial charge in [-0.3, -0.25) is 0 Å². The van der Waals surface area contributed by atoms with Crippen LogP contribution in [0.3, 0.4) is 0 Å². The highest BCUT2D eigenvalue weighted by atomic mass is 15.2. The van der Waals surface area contributed by atoms with Crippen LogP contribution in [0.4, 0.5) is 5.69 Å². The Morgan fingerprint density at radius 1 is 1.05 bits per heavy atom. The van der Waals surface area contributed by atoms with Crippen LogP contribution in [0.15, 0.2) is 36.4 Å². The third-order valence-electron chi connectivity index (χ3n) is 4.56. The largest absolute Gasteiger partial charge is 0.371 e. The highest BCUT2D eigenvalue weighted by molar-refractivity contribution is 5.97. The molecule has 0 aromatic heterocycles. The number of anilines is 1. The van der Waals surface area contributed by atoms with Gasteiger partial charge < -0.3 is 9.80 Å². The molecule has 0 bridgehead atoms. The van der Waals surface area contributed by atoms with Gasteiger partial charge in [-0.1, -0.05) is 24.3 Å². The molecule has 1 aliphatic rings. The second-order valence-electron chi connectivity index (χ2n) is 5.97. The van der Waals surface area contributed by atoms with Gasteiger partial charge in [0, 0.05) is 35.6 Å². The maximum atomic E-state index is 9.26. The Kier molecular flexibility index (Phi) is 3.81. The number of piperidine rings is 1. The number of hydrogen-bond donors (Lipinski definition) is 0.